The van der Waals surface area contributed by atoms with Crippen LogP contribution in [0.5, 0.6) is 0 Å². The molecular weight excluding hydrogens is 499 g/mol. The number of benzene rings is 2. The van der Waals surface area contributed by atoms with Gasteiger partial charge in [0.1, 0.15) is 0 Å². The molecule has 0 aliphatic carbocycles. The SMILES string of the molecule is CCNC(=NCc1cccc(CN2CCCC2=O)c1)N1CCC(c2ccccc2)C1.I. The Bertz CT molecular complexity index is 886. The third kappa shape index (κ3) is 6.21. The number of carbonyl (C=O) groups is 1. The van der Waals surface area contributed by atoms with Crippen molar-refractivity contribution in [3.63, 3.8) is 0 Å². The van der Waals surface area contributed by atoms with Crippen LogP contribution in [0.4, 0.5) is 0 Å². The Morgan fingerprint density at radius 1 is 1.10 bits per heavy atom. The average Bonchev–Trinajstić information content (AvgIpc) is 3.42. The molecule has 2 aliphatic heterocycles. The van der Waals surface area contributed by atoms with Gasteiger partial charge in [-0.3, -0.25) is 4.79 Å². The van der Waals surface area contributed by atoms with E-state index in [-0.39, 0.29) is 29.9 Å². The van der Waals surface area contributed by atoms with Crippen LogP contribution in [-0.2, 0) is 17.9 Å². The van der Waals surface area contributed by atoms with Crippen LogP contribution < -0.4 is 5.32 Å². The monoisotopic (exact) mass is 532 g/mol. The van der Waals surface area contributed by atoms with E-state index in [4.69, 9.17) is 4.99 Å². The van der Waals surface area contributed by atoms with Crippen LogP contribution in [0.25, 0.3) is 0 Å². The van der Waals surface area contributed by atoms with Crippen LogP contribution in [0.2, 0.25) is 0 Å². The van der Waals surface area contributed by atoms with Gasteiger partial charge in [-0.1, -0.05) is 54.6 Å². The number of nitrogens with zero attached hydrogens (tertiary/aromatic N) is 3. The van der Waals surface area contributed by atoms with E-state index >= 15 is 0 Å². The molecule has 2 aromatic carbocycles. The van der Waals surface area contributed by atoms with E-state index in [2.05, 4.69) is 71.7 Å². The maximum atomic E-state index is 11.9. The van der Waals surface area contributed by atoms with E-state index in [9.17, 15) is 4.79 Å². The van der Waals surface area contributed by atoms with Crippen molar-refractivity contribution < 1.29 is 4.79 Å². The Hall–Kier alpha value is -2.09. The molecule has 1 amide bonds. The highest BCUT2D eigenvalue weighted by Gasteiger charge is 2.26. The second-order valence-electron chi connectivity index (χ2n) is 8.25. The van der Waals surface area contributed by atoms with Crippen molar-refractivity contribution in [3.05, 3.63) is 71.3 Å². The maximum Gasteiger partial charge on any atom is 0.222 e. The first-order valence-electron chi connectivity index (χ1n) is 11.2. The molecule has 0 radical (unpaired) electrons. The number of guanidine groups is 1. The standard InChI is InChI=1S/C25H32N4O.HI/c1-2-26-25(29-15-13-23(19-29)22-10-4-3-5-11-22)27-17-20-8-6-9-21(16-20)18-28-14-7-12-24(28)30;/h3-6,8-11,16,23H,2,7,12-15,17-19H2,1H3,(H,26,27);1H. The van der Waals surface area contributed by atoms with Gasteiger partial charge < -0.3 is 15.1 Å². The Morgan fingerprint density at radius 2 is 1.90 bits per heavy atom. The van der Waals surface area contributed by atoms with Crippen LogP contribution in [0, 0.1) is 0 Å². The second-order valence-corrected chi connectivity index (χ2v) is 8.25. The molecule has 1 unspecified atom stereocenters. The van der Waals surface area contributed by atoms with Gasteiger partial charge in [0.2, 0.25) is 5.91 Å². The van der Waals surface area contributed by atoms with E-state index in [0.717, 1.165) is 45.0 Å². The molecule has 0 aromatic heterocycles. The summed E-state index contributed by atoms with van der Waals surface area (Å²) in [5, 5.41) is 3.47. The predicted octanol–water partition coefficient (Wildman–Crippen LogP) is 4.38. The summed E-state index contributed by atoms with van der Waals surface area (Å²) < 4.78 is 0. The van der Waals surface area contributed by atoms with Crippen molar-refractivity contribution in [1.82, 2.24) is 15.1 Å². The Morgan fingerprint density at radius 3 is 2.65 bits per heavy atom. The highest BCUT2D eigenvalue weighted by molar-refractivity contribution is 14.0. The number of halogens is 1. The first-order valence-corrected chi connectivity index (χ1v) is 11.2. The molecule has 5 nitrogen and oxygen atoms in total. The highest BCUT2D eigenvalue weighted by atomic mass is 127. The lowest BCUT2D eigenvalue weighted by Crippen LogP contribution is -2.40. The number of carbonyl (C=O) groups excluding carboxylic acids is 1. The zero-order valence-corrected chi connectivity index (χ0v) is 20.6. The van der Waals surface area contributed by atoms with Gasteiger partial charge >= 0.3 is 0 Å². The first-order chi connectivity index (χ1) is 14.7. The third-order valence-electron chi connectivity index (χ3n) is 6.04. The van der Waals surface area contributed by atoms with Gasteiger partial charge in [0, 0.05) is 45.1 Å². The van der Waals surface area contributed by atoms with Crippen molar-refractivity contribution in [2.75, 3.05) is 26.2 Å². The van der Waals surface area contributed by atoms with Crippen LogP contribution in [0.15, 0.2) is 59.6 Å². The summed E-state index contributed by atoms with van der Waals surface area (Å²) in [4.78, 5) is 21.2. The molecule has 2 aromatic rings. The van der Waals surface area contributed by atoms with Crippen LogP contribution in [0.3, 0.4) is 0 Å². The number of hydrogen-bond donors (Lipinski definition) is 1. The molecule has 2 saturated heterocycles. The molecular formula is C25H33IN4O. The van der Waals surface area contributed by atoms with Crippen molar-refractivity contribution >= 4 is 35.8 Å². The van der Waals surface area contributed by atoms with E-state index in [1.807, 2.05) is 4.90 Å². The molecule has 0 saturated carbocycles. The number of hydrogen-bond acceptors (Lipinski definition) is 2. The van der Waals surface area contributed by atoms with Crippen LogP contribution >= 0.6 is 24.0 Å². The van der Waals surface area contributed by atoms with Gasteiger partial charge in [0.25, 0.3) is 0 Å². The summed E-state index contributed by atoms with van der Waals surface area (Å²) in [5.41, 5.74) is 3.79. The summed E-state index contributed by atoms with van der Waals surface area (Å²) in [7, 11) is 0. The maximum absolute atomic E-state index is 11.9. The number of aliphatic imine (C=N–C) groups is 1. The minimum atomic E-state index is 0. The second kappa shape index (κ2) is 11.5. The fraction of sp³-hybridized carbons (Fsp3) is 0.440. The van der Waals surface area contributed by atoms with Crippen molar-refractivity contribution in [2.24, 2.45) is 4.99 Å². The topological polar surface area (TPSA) is 47.9 Å². The highest BCUT2D eigenvalue weighted by Crippen LogP contribution is 2.27. The lowest BCUT2D eigenvalue weighted by atomic mass is 9.99. The molecule has 0 bridgehead atoms. The summed E-state index contributed by atoms with van der Waals surface area (Å²) in [5.74, 6) is 1.84. The summed E-state index contributed by atoms with van der Waals surface area (Å²) in [6.07, 6.45) is 2.83. The predicted molar refractivity (Wildman–Crippen MR) is 137 cm³/mol. The largest absolute Gasteiger partial charge is 0.357 e. The lowest BCUT2D eigenvalue weighted by Gasteiger charge is -2.22. The van der Waals surface area contributed by atoms with Crippen LogP contribution in [0.1, 0.15) is 48.8 Å². The molecule has 1 N–H and O–H groups in total. The van der Waals surface area contributed by atoms with E-state index in [0.29, 0.717) is 25.4 Å². The van der Waals surface area contributed by atoms with Gasteiger partial charge in [-0.25, -0.2) is 4.99 Å². The Balaban J connectivity index is 0.00000272. The molecule has 4 rings (SSSR count). The molecule has 166 valence electrons. The molecule has 0 spiro atoms. The zero-order chi connectivity index (χ0) is 20.8. The minimum absolute atomic E-state index is 0. The van der Waals surface area contributed by atoms with E-state index in [1.165, 1.54) is 16.7 Å². The normalized spacial score (nSPS) is 18.9. The number of nitrogens with one attached hydrogen (secondary N) is 1. The average molecular weight is 532 g/mol. The molecule has 2 aliphatic rings. The van der Waals surface area contributed by atoms with Gasteiger partial charge in [-0.05, 0) is 36.5 Å². The summed E-state index contributed by atoms with van der Waals surface area (Å²) in [6.45, 7) is 7.26. The zero-order valence-electron chi connectivity index (χ0n) is 18.3. The smallest absolute Gasteiger partial charge is 0.222 e. The van der Waals surface area contributed by atoms with Crippen LogP contribution in [-0.4, -0.2) is 47.8 Å². The molecule has 1 atom stereocenters. The molecule has 2 fully saturated rings. The first kappa shape index (κ1) is 23.6. The third-order valence-corrected chi connectivity index (χ3v) is 6.04. The summed E-state index contributed by atoms with van der Waals surface area (Å²) in [6, 6.07) is 19.3. The number of rotatable bonds is 6. The fourth-order valence-electron chi connectivity index (χ4n) is 4.46. The van der Waals surface area contributed by atoms with E-state index in [1.54, 1.807) is 0 Å². The Labute approximate surface area is 202 Å². The minimum Gasteiger partial charge on any atom is -0.357 e. The van der Waals surface area contributed by atoms with Crippen molar-refractivity contribution in [2.45, 2.75) is 45.2 Å². The molecule has 31 heavy (non-hydrogen) atoms. The quantitative estimate of drug-likeness (QED) is 0.341. The fourth-order valence-corrected chi connectivity index (χ4v) is 4.46. The number of likely N-dealkylation sites (tertiary alicyclic amines) is 2. The molecule has 6 heteroatoms. The summed E-state index contributed by atoms with van der Waals surface area (Å²) >= 11 is 0. The van der Waals surface area contributed by atoms with Gasteiger partial charge in [-0.2, -0.15) is 0 Å². The van der Waals surface area contributed by atoms with Crippen molar-refractivity contribution in [3.8, 4) is 0 Å². The van der Waals surface area contributed by atoms with Crippen molar-refractivity contribution in [1.29, 1.82) is 0 Å². The molecule has 2 heterocycles. The van der Waals surface area contributed by atoms with Gasteiger partial charge in [-0.15, -0.1) is 24.0 Å². The van der Waals surface area contributed by atoms with E-state index < -0.39 is 0 Å². The van der Waals surface area contributed by atoms with Gasteiger partial charge in [0.15, 0.2) is 5.96 Å². The number of amides is 1. The Kier molecular flexibility index (Phi) is 8.75. The lowest BCUT2D eigenvalue weighted by molar-refractivity contribution is -0.128. The van der Waals surface area contributed by atoms with Gasteiger partial charge in [0.05, 0.1) is 6.54 Å².